The van der Waals surface area contributed by atoms with Gasteiger partial charge in [0.1, 0.15) is 0 Å². The molecule has 0 radical (unpaired) electrons. The Hall–Kier alpha value is -1.30. The third kappa shape index (κ3) is 3.83. The first kappa shape index (κ1) is 15.8. The number of aromatic carboxylic acids is 1. The summed E-state index contributed by atoms with van der Waals surface area (Å²) < 4.78 is 0. The quantitative estimate of drug-likeness (QED) is 0.797. The lowest BCUT2D eigenvalue weighted by molar-refractivity contribution is -0.118. The highest BCUT2D eigenvalue weighted by molar-refractivity contribution is 6.40. The molecule has 0 saturated heterocycles. The minimum atomic E-state index is -1.15. The molecular formula is C12H14Cl2N2O3. The van der Waals surface area contributed by atoms with Crippen molar-refractivity contribution < 1.29 is 14.7 Å². The number of carbonyl (C=O) groups excluding carboxylic acids is 1. The van der Waals surface area contributed by atoms with Crippen LogP contribution in [0.4, 0.5) is 5.69 Å². The Balaban J connectivity index is 3.03. The van der Waals surface area contributed by atoms with Gasteiger partial charge in [0.25, 0.3) is 0 Å². The van der Waals surface area contributed by atoms with Crippen molar-refractivity contribution in [3.8, 4) is 0 Å². The number of carboxylic acid groups (broad SMARTS) is 1. The van der Waals surface area contributed by atoms with Gasteiger partial charge in [0.15, 0.2) is 0 Å². The predicted molar refractivity (Wildman–Crippen MR) is 74.9 cm³/mol. The van der Waals surface area contributed by atoms with Crippen LogP contribution in [0.5, 0.6) is 0 Å². The molecule has 1 amide bonds. The van der Waals surface area contributed by atoms with E-state index < -0.39 is 17.9 Å². The van der Waals surface area contributed by atoms with Gasteiger partial charge >= 0.3 is 5.97 Å². The topological polar surface area (TPSA) is 92.4 Å². The SMILES string of the molecule is CC(C)C(N)C(=O)Nc1c(Cl)cc(C(=O)O)cc1Cl. The number of amides is 1. The summed E-state index contributed by atoms with van der Waals surface area (Å²) in [6, 6.07) is 1.73. The fourth-order valence-corrected chi connectivity index (χ4v) is 1.91. The van der Waals surface area contributed by atoms with Crippen molar-refractivity contribution in [3.05, 3.63) is 27.7 Å². The summed E-state index contributed by atoms with van der Waals surface area (Å²) in [7, 11) is 0. The second-order valence-corrected chi connectivity index (χ2v) is 5.19. The van der Waals surface area contributed by atoms with Crippen molar-refractivity contribution in [2.45, 2.75) is 19.9 Å². The number of anilines is 1. The van der Waals surface area contributed by atoms with Crippen LogP contribution in [-0.4, -0.2) is 23.0 Å². The molecule has 0 aliphatic carbocycles. The normalized spacial score (nSPS) is 12.3. The van der Waals surface area contributed by atoms with E-state index in [1.807, 2.05) is 0 Å². The van der Waals surface area contributed by atoms with Crippen LogP contribution in [0.1, 0.15) is 24.2 Å². The van der Waals surface area contributed by atoms with E-state index in [0.717, 1.165) is 0 Å². The van der Waals surface area contributed by atoms with Crippen molar-refractivity contribution in [2.24, 2.45) is 11.7 Å². The van der Waals surface area contributed by atoms with E-state index in [1.54, 1.807) is 13.8 Å². The van der Waals surface area contributed by atoms with Crippen LogP contribution in [0.25, 0.3) is 0 Å². The molecule has 0 spiro atoms. The first-order chi connectivity index (χ1) is 8.73. The summed E-state index contributed by atoms with van der Waals surface area (Å²) in [5, 5.41) is 11.4. The maximum atomic E-state index is 11.8. The third-order valence-corrected chi connectivity index (χ3v) is 3.15. The molecule has 5 nitrogen and oxygen atoms in total. The highest BCUT2D eigenvalue weighted by atomic mass is 35.5. The van der Waals surface area contributed by atoms with Crippen LogP contribution < -0.4 is 11.1 Å². The van der Waals surface area contributed by atoms with Crippen LogP contribution >= 0.6 is 23.2 Å². The van der Waals surface area contributed by atoms with E-state index in [4.69, 9.17) is 34.0 Å². The van der Waals surface area contributed by atoms with E-state index in [1.165, 1.54) is 12.1 Å². The lowest BCUT2D eigenvalue weighted by Gasteiger charge is -2.17. The van der Waals surface area contributed by atoms with Crippen molar-refractivity contribution in [3.63, 3.8) is 0 Å². The average molecular weight is 305 g/mol. The van der Waals surface area contributed by atoms with Gasteiger partial charge in [-0.3, -0.25) is 4.79 Å². The molecule has 1 rings (SSSR count). The Kier molecular flexibility index (Phi) is 5.17. The van der Waals surface area contributed by atoms with Crippen LogP contribution in [-0.2, 0) is 4.79 Å². The Morgan fingerprint density at radius 2 is 1.74 bits per heavy atom. The maximum Gasteiger partial charge on any atom is 0.335 e. The third-order valence-electron chi connectivity index (χ3n) is 2.56. The summed E-state index contributed by atoms with van der Waals surface area (Å²) in [6.45, 7) is 3.61. The number of halogens is 2. The average Bonchev–Trinajstić information content (AvgIpc) is 2.31. The van der Waals surface area contributed by atoms with E-state index in [0.29, 0.717) is 0 Å². The number of benzene rings is 1. The Morgan fingerprint density at radius 3 is 2.11 bits per heavy atom. The zero-order valence-corrected chi connectivity index (χ0v) is 11.9. The molecule has 1 unspecified atom stereocenters. The molecule has 1 aromatic carbocycles. The maximum absolute atomic E-state index is 11.8. The lowest BCUT2D eigenvalue weighted by atomic mass is 10.0. The van der Waals surface area contributed by atoms with E-state index in [9.17, 15) is 9.59 Å². The Bertz CT molecular complexity index is 495. The minimum absolute atomic E-state index is 0.0455. The Labute approximate surface area is 120 Å². The highest BCUT2D eigenvalue weighted by Crippen LogP contribution is 2.32. The van der Waals surface area contributed by atoms with Gasteiger partial charge in [0, 0.05) is 0 Å². The van der Waals surface area contributed by atoms with Gasteiger partial charge < -0.3 is 16.2 Å². The molecule has 1 atom stereocenters. The van der Waals surface area contributed by atoms with Gasteiger partial charge in [-0.2, -0.15) is 0 Å². The first-order valence-corrected chi connectivity index (χ1v) is 6.28. The number of nitrogens with two attached hydrogens (primary N) is 1. The number of carboxylic acids is 1. The number of rotatable bonds is 4. The second-order valence-electron chi connectivity index (χ2n) is 4.38. The van der Waals surface area contributed by atoms with Crippen LogP contribution in [0.15, 0.2) is 12.1 Å². The Morgan fingerprint density at radius 1 is 1.26 bits per heavy atom. The van der Waals surface area contributed by atoms with Crippen molar-refractivity contribution in [1.82, 2.24) is 0 Å². The van der Waals surface area contributed by atoms with Gasteiger partial charge in [-0.1, -0.05) is 37.0 Å². The summed E-state index contributed by atoms with van der Waals surface area (Å²) in [4.78, 5) is 22.6. The molecule has 4 N–H and O–H groups in total. The van der Waals surface area contributed by atoms with Gasteiger partial charge in [-0.15, -0.1) is 0 Å². The van der Waals surface area contributed by atoms with Crippen molar-refractivity contribution >= 4 is 40.8 Å². The molecule has 7 heteroatoms. The van der Waals surface area contributed by atoms with E-state index in [2.05, 4.69) is 5.32 Å². The largest absolute Gasteiger partial charge is 0.478 e. The molecule has 0 bridgehead atoms. The molecule has 0 aromatic heterocycles. The molecular weight excluding hydrogens is 291 g/mol. The van der Waals surface area contributed by atoms with Crippen LogP contribution in [0.3, 0.4) is 0 Å². The number of hydrogen-bond donors (Lipinski definition) is 3. The van der Waals surface area contributed by atoms with E-state index in [-0.39, 0.29) is 27.2 Å². The molecule has 0 heterocycles. The predicted octanol–water partition coefficient (Wildman–Crippen LogP) is 2.61. The first-order valence-electron chi connectivity index (χ1n) is 5.52. The van der Waals surface area contributed by atoms with Gasteiger partial charge in [0.2, 0.25) is 5.91 Å². The van der Waals surface area contributed by atoms with E-state index >= 15 is 0 Å². The molecule has 0 saturated carbocycles. The lowest BCUT2D eigenvalue weighted by Crippen LogP contribution is -2.39. The zero-order valence-electron chi connectivity index (χ0n) is 10.4. The summed E-state index contributed by atoms with van der Waals surface area (Å²) in [5.41, 5.74) is 5.80. The minimum Gasteiger partial charge on any atom is -0.478 e. The molecule has 104 valence electrons. The monoisotopic (exact) mass is 304 g/mol. The zero-order chi connectivity index (χ0) is 14.7. The summed E-state index contributed by atoms with van der Waals surface area (Å²) >= 11 is 11.8. The van der Waals surface area contributed by atoms with Gasteiger partial charge in [0.05, 0.1) is 27.3 Å². The molecule has 19 heavy (non-hydrogen) atoms. The fourth-order valence-electron chi connectivity index (χ4n) is 1.33. The highest BCUT2D eigenvalue weighted by Gasteiger charge is 2.20. The second kappa shape index (κ2) is 6.23. The van der Waals surface area contributed by atoms with Crippen molar-refractivity contribution in [2.75, 3.05) is 5.32 Å². The molecule has 1 aromatic rings. The smallest absolute Gasteiger partial charge is 0.335 e. The number of nitrogens with one attached hydrogen (secondary N) is 1. The standard InChI is InChI=1S/C12H14Cl2N2O3/c1-5(2)9(15)11(17)16-10-7(13)3-6(12(18)19)4-8(10)14/h3-5,9H,15H2,1-2H3,(H,16,17)(H,18,19). The van der Waals surface area contributed by atoms with Crippen molar-refractivity contribution in [1.29, 1.82) is 0 Å². The molecule has 0 aliphatic heterocycles. The van der Waals surface area contributed by atoms with Crippen LogP contribution in [0, 0.1) is 5.92 Å². The number of hydrogen-bond acceptors (Lipinski definition) is 3. The van der Waals surface area contributed by atoms with Crippen LogP contribution in [0.2, 0.25) is 10.0 Å². The summed E-state index contributed by atoms with van der Waals surface area (Å²) in [5.74, 6) is -1.63. The molecule has 0 fully saturated rings. The van der Waals surface area contributed by atoms with Gasteiger partial charge in [-0.25, -0.2) is 4.79 Å². The molecule has 0 aliphatic rings. The fraction of sp³-hybridized carbons (Fsp3) is 0.333. The number of carbonyl (C=O) groups is 2. The summed E-state index contributed by atoms with van der Waals surface area (Å²) in [6.07, 6.45) is 0. The van der Waals surface area contributed by atoms with Gasteiger partial charge in [-0.05, 0) is 18.1 Å².